The molecular formula is C19H32NOPS. The van der Waals surface area contributed by atoms with Crippen LogP contribution < -0.4 is 15.5 Å². The molecule has 0 aromatic heterocycles. The Morgan fingerprint density at radius 2 is 1.30 bits per heavy atom. The van der Waals surface area contributed by atoms with Gasteiger partial charge in [-0.3, -0.25) is 0 Å². The zero-order chi connectivity index (χ0) is 16.5. The molecule has 2 aliphatic rings. The largest absolute Gasteiger partial charge is 0.818 e. The fourth-order valence-corrected chi connectivity index (χ4v) is 4.82. The van der Waals surface area contributed by atoms with E-state index < -0.39 is 6.26 Å². The van der Waals surface area contributed by atoms with Crippen LogP contribution in [0.15, 0.2) is 30.3 Å². The molecule has 0 heterocycles. The second-order valence-electron chi connectivity index (χ2n) is 7.17. The van der Waals surface area contributed by atoms with E-state index in [1.54, 1.807) is 18.8 Å². The lowest BCUT2D eigenvalue weighted by Crippen LogP contribution is -2.95. The van der Waals surface area contributed by atoms with Crippen molar-refractivity contribution in [1.29, 1.82) is 0 Å². The molecule has 0 saturated heterocycles. The normalized spacial score (nSPS) is 22.7. The topological polar surface area (TPSA) is 39.7 Å². The Kier molecular flexibility index (Phi) is 8.26. The van der Waals surface area contributed by atoms with Crippen LogP contribution in [-0.4, -0.2) is 18.7 Å². The molecule has 23 heavy (non-hydrogen) atoms. The highest BCUT2D eigenvalue weighted by Crippen LogP contribution is 2.28. The van der Waals surface area contributed by atoms with Gasteiger partial charge in [-0.25, -0.2) is 0 Å². The molecule has 2 N–H and O–H groups in total. The zero-order valence-electron chi connectivity index (χ0n) is 14.5. The summed E-state index contributed by atoms with van der Waals surface area (Å²) in [4.78, 5) is 11.2. The monoisotopic (exact) mass is 353 g/mol. The van der Waals surface area contributed by atoms with Crippen molar-refractivity contribution in [1.82, 2.24) is 0 Å². The molecule has 0 amide bonds. The van der Waals surface area contributed by atoms with Gasteiger partial charge >= 0.3 is 0 Å². The van der Waals surface area contributed by atoms with Crippen LogP contribution in [-0.2, 0) is 11.8 Å². The highest BCUT2D eigenvalue weighted by atomic mass is 32.4. The molecule has 1 unspecified atom stereocenters. The standard InChI is InChI=1S/C12H23N.C7H9OPS/c1-3-7-11(8-4-1)13-12-9-5-2-6-10-12;1-9(8,10)7-5-3-2-4-6-7/h11-13H,1-10H2;2-6H,1H3,(H,8,10). The van der Waals surface area contributed by atoms with E-state index in [9.17, 15) is 4.89 Å². The Morgan fingerprint density at radius 1 is 0.870 bits per heavy atom. The zero-order valence-corrected chi connectivity index (χ0v) is 16.2. The third kappa shape index (κ3) is 7.47. The van der Waals surface area contributed by atoms with Gasteiger partial charge in [0.2, 0.25) is 0 Å². The van der Waals surface area contributed by atoms with E-state index in [2.05, 4.69) is 5.32 Å². The summed E-state index contributed by atoms with van der Waals surface area (Å²) in [6, 6.07) is 11.2. The lowest BCUT2D eigenvalue weighted by atomic mass is 9.91. The van der Waals surface area contributed by atoms with Gasteiger partial charge in [-0.1, -0.05) is 49.4 Å². The van der Waals surface area contributed by atoms with E-state index in [1.165, 1.54) is 64.2 Å². The summed E-state index contributed by atoms with van der Waals surface area (Å²) in [6.45, 7) is 1.59. The Balaban J connectivity index is 0.000000174. The van der Waals surface area contributed by atoms with Crippen LogP contribution in [0.3, 0.4) is 0 Å². The summed E-state index contributed by atoms with van der Waals surface area (Å²) >= 11 is 4.81. The molecule has 0 spiro atoms. The molecule has 2 nitrogen and oxygen atoms in total. The first-order valence-electron chi connectivity index (χ1n) is 9.25. The van der Waals surface area contributed by atoms with Crippen molar-refractivity contribution in [3.63, 3.8) is 0 Å². The Bertz CT molecular complexity index is 459. The molecule has 4 heteroatoms. The number of nitrogens with two attached hydrogens (primary N) is 1. The number of quaternary nitrogens is 1. The highest BCUT2D eigenvalue weighted by Gasteiger charge is 2.22. The predicted octanol–water partition coefficient (Wildman–Crippen LogP) is 2.91. The maximum atomic E-state index is 11.2. The van der Waals surface area contributed by atoms with Crippen LogP contribution in [0.4, 0.5) is 0 Å². The van der Waals surface area contributed by atoms with Crippen molar-refractivity contribution >= 4 is 23.4 Å². The maximum Gasteiger partial charge on any atom is 0.0861 e. The molecule has 1 aromatic rings. The molecule has 0 bridgehead atoms. The molecule has 130 valence electrons. The van der Waals surface area contributed by atoms with Crippen LogP contribution in [0.25, 0.3) is 0 Å². The SMILES string of the molecule is C1CCC([NH2+]C2CCCCC2)CC1.CP([O-])(=S)c1ccccc1. The molecule has 1 atom stereocenters. The minimum atomic E-state index is -2.43. The van der Waals surface area contributed by atoms with Crippen LogP contribution in [0, 0.1) is 0 Å². The summed E-state index contributed by atoms with van der Waals surface area (Å²) in [5.41, 5.74) is 0. The molecule has 0 aliphatic heterocycles. The van der Waals surface area contributed by atoms with Gasteiger partial charge in [0.15, 0.2) is 0 Å². The van der Waals surface area contributed by atoms with Crippen LogP contribution in [0.1, 0.15) is 64.2 Å². The third-order valence-electron chi connectivity index (χ3n) is 5.07. The van der Waals surface area contributed by atoms with Crippen molar-refractivity contribution in [3.8, 4) is 0 Å². The van der Waals surface area contributed by atoms with Crippen molar-refractivity contribution < 1.29 is 10.2 Å². The quantitative estimate of drug-likeness (QED) is 0.849. The van der Waals surface area contributed by atoms with Gasteiger partial charge in [0, 0.05) is 0 Å². The molecule has 2 aliphatic carbocycles. The van der Waals surface area contributed by atoms with Gasteiger partial charge in [-0.2, -0.15) is 0 Å². The molecule has 2 fully saturated rings. The summed E-state index contributed by atoms with van der Waals surface area (Å²) in [5.74, 6) is 0. The second-order valence-corrected chi connectivity index (χ2v) is 11.5. The molecule has 3 rings (SSSR count). The minimum Gasteiger partial charge on any atom is -0.818 e. The van der Waals surface area contributed by atoms with E-state index >= 15 is 0 Å². The summed E-state index contributed by atoms with van der Waals surface area (Å²) in [6.07, 6.45) is 12.5. The van der Waals surface area contributed by atoms with E-state index in [4.69, 9.17) is 11.8 Å². The van der Waals surface area contributed by atoms with Crippen LogP contribution >= 0.6 is 6.26 Å². The minimum absolute atomic E-state index is 0.769. The number of benzene rings is 1. The van der Waals surface area contributed by atoms with Crippen molar-refractivity contribution in [3.05, 3.63) is 30.3 Å². The lowest BCUT2D eigenvalue weighted by molar-refractivity contribution is -0.725. The van der Waals surface area contributed by atoms with Gasteiger partial charge in [-0.05, 0) is 63.3 Å². The first-order chi connectivity index (χ1) is 11.1. The first kappa shape index (κ1) is 19.1. The number of hydrogen-bond acceptors (Lipinski definition) is 2. The molecule has 0 radical (unpaired) electrons. The Morgan fingerprint density at radius 3 is 1.65 bits per heavy atom. The summed E-state index contributed by atoms with van der Waals surface area (Å²) < 4.78 is 0. The number of rotatable bonds is 3. The average Bonchev–Trinajstić information content (AvgIpc) is 2.57. The van der Waals surface area contributed by atoms with E-state index in [0.717, 1.165) is 17.4 Å². The fraction of sp³-hybridized carbons (Fsp3) is 0.684. The van der Waals surface area contributed by atoms with Gasteiger partial charge in [0.05, 0.1) is 12.1 Å². The molecule has 2 saturated carbocycles. The average molecular weight is 354 g/mol. The van der Waals surface area contributed by atoms with E-state index in [1.807, 2.05) is 18.2 Å². The lowest BCUT2D eigenvalue weighted by Gasteiger charge is -2.27. The first-order valence-corrected chi connectivity index (χ1v) is 12.4. The van der Waals surface area contributed by atoms with Crippen molar-refractivity contribution in [2.45, 2.75) is 76.3 Å². The van der Waals surface area contributed by atoms with Crippen molar-refractivity contribution in [2.24, 2.45) is 0 Å². The van der Waals surface area contributed by atoms with Gasteiger partial charge in [0.1, 0.15) is 0 Å². The van der Waals surface area contributed by atoms with Gasteiger partial charge < -0.3 is 10.2 Å². The molecular weight excluding hydrogens is 321 g/mol. The van der Waals surface area contributed by atoms with Crippen LogP contribution in [0.5, 0.6) is 0 Å². The number of hydrogen-bond donors (Lipinski definition) is 1. The second kappa shape index (κ2) is 9.93. The molecule has 1 aromatic carbocycles. The van der Waals surface area contributed by atoms with E-state index in [-0.39, 0.29) is 0 Å². The Hall–Kier alpha value is -0.210. The summed E-state index contributed by atoms with van der Waals surface area (Å²) in [7, 11) is 0. The summed E-state index contributed by atoms with van der Waals surface area (Å²) in [5, 5.41) is 3.49. The predicted molar refractivity (Wildman–Crippen MR) is 102 cm³/mol. The van der Waals surface area contributed by atoms with Crippen LogP contribution in [0.2, 0.25) is 0 Å². The van der Waals surface area contributed by atoms with Gasteiger partial charge in [-0.15, -0.1) is 11.8 Å². The highest BCUT2D eigenvalue weighted by molar-refractivity contribution is 8.14. The Labute approximate surface area is 147 Å². The van der Waals surface area contributed by atoms with Gasteiger partial charge in [0.25, 0.3) is 0 Å². The van der Waals surface area contributed by atoms with Crippen molar-refractivity contribution in [2.75, 3.05) is 6.66 Å². The third-order valence-corrected chi connectivity index (χ3v) is 6.94. The maximum absolute atomic E-state index is 11.2. The van der Waals surface area contributed by atoms with E-state index in [0.29, 0.717) is 0 Å². The smallest absolute Gasteiger partial charge is 0.0861 e. The fourth-order valence-electron chi connectivity index (χ4n) is 3.74.